The van der Waals surface area contributed by atoms with E-state index in [9.17, 15) is 24.0 Å². The molecule has 0 N–H and O–H groups in total. The van der Waals surface area contributed by atoms with Crippen molar-refractivity contribution in [1.82, 2.24) is 0 Å². The number of terminal acetylenes is 1. The largest absolute Gasteiger partial charge is 0.472 e. The number of esters is 5. The highest BCUT2D eigenvalue weighted by Gasteiger charge is 2.64. The van der Waals surface area contributed by atoms with Crippen LogP contribution in [0.5, 0.6) is 0 Å². The van der Waals surface area contributed by atoms with Crippen molar-refractivity contribution in [3.8, 4) is 12.3 Å². The third-order valence-corrected chi connectivity index (χ3v) is 5.28. The second kappa shape index (κ2) is 13.1. The fourth-order valence-corrected chi connectivity index (χ4v) is 3.81. The number of hydrogen-bond acceptors (Lipinski definition) is 13. The zero-order chi connectivity index (χ0) is 28.5. The van der Waals surface area contributed by atoms with Crippen LogP contribution in [-0.4, -0.2) is 79.4 Å². The number of carbonyl (C=O) groups excluding carboxylic acids is 5. The van der Waals surface area contributed by atoms with Gasteiger partial charge in [-0.2, -0.15) is 0 Å². The van der Waals surface area contributed by atoms with Gasteiger partial charge >= 0.3 is 29.8 Å². The van der Waals surface area contributed by atoms with Gasteiger partial charge < -0.3 is 37.6 Å². The summed E-state index contributed by atoms with van der Waals surface area (Å²) in [5, 5.41) is 0. The summed E-state index contributed by atoms with van der Waals surface area (Å²) in [4.78, 5) is 61.9. The van der Waals surface area contributed by atoms with Crippen molar-refractivity contribution < 1.29 is 61.5 Å². The predicted octanol–water partition coefficient (Wildman–Crippen LogP) is 0.859. The Morgan fingerprint density at radius 1 is 1.00 bits per heavy atom. The molecule has 1 saturated heterocycles. The van der Waals surface area contributed by atoms with Gasteiger partial charge in [-0.15, -0.1) is 6.42 Å². The normalized spacial score (nSPS) is 22.6. The Kier molecular flexibility index (Phi) is 10.4. The maximum Gasteiger partial charge on any atom is 0.350 e. The molecule has 0 radical (unpaired) electrons. The molecule has 13 nitrogen and oxygen atoms in total. The highest BCUT2D eigenvalue weighted by molar-refractivity contribution is 6.04. The third-order valence-electron chi connectivity index (χ3n) is 5.28. The molecule has 1 unspecified atom stereocenters. The molecule has 0 aliphatic carbocycles. The van der Waals surface area contributed by atoms with E-state index in [2.05, 4.69) is 5.92 Å². The molecule has 1 fully saturated rings. The zero-order valence-electron chi connectivity index (χ0n) is 21.7. The Morgan fingerprint density at radius 2 is 1.61 bits per heavy atom. The molecular weight excluding hydrogens is 508 g/mol. The predicted molar refractivity (Wildman–Crippen MR) is 124 cm³/mol. The number of hydrogen-bond donors (Lipinski definition) is 0. The van der Waals surface area contributed by atoms with E-state index in [1.54, 1.807) is 0 Å². The van der Waals surface area contributed by atoms with E-state index in [4.69, 9.17) is 44.0 Å². The van der Waals surface area contributed by atoms with Crippen molar-refractivity contribution >= 4 is 29.8 Å². The molecule has 0 aromatic carbocycles. The fourth-order valence-electron chi connectivity index (χ4n) is 3.81. The van der Waals surface area contributed by atoms with Crippen LogP contribution in [-0.2, 0) is 63.6 Å². The van der Waals surface area contributed by atoms with Crippen molar-refractivity contribution in [1.29, 1.82) is 0 Å². The maximum absolute atomic E-state index is 13.2. The van der Waals surface area contributed by atoms with Crippen molar-refractivity contribution in [2.45, 2.75) is 70.7 Å². The molecule has 0 bridgehead atoms. The van der Waals surface area contributed by atoms with Gasteiger partial charge in [0.1, 0.15) is 6.10 Å². The summed E-state index contributed by atoms with van der Waals surface area (Å²) in [7, 11) is 0. The quantitative estimate of drug-likeness (QED) is 0.159. The smallest absolute Gasteiger partial charge is 0.350 e. The third kappa shape index (κ3) is 6.70. The Balaban J connectivity index is 2.57. The van der Waals surface area contributed by atoms with Gasteiger partial charge in [-0.25, -0.2) is 9.59 Å². The molecule has 13 heteroatoms. The van der Waals surface area contributed by atoms with Crippen LogP contribution in [0, 0.1) is 12.3 Å². The summed E-state index contributed by atoms with van der Waals surface area (Å²) >= 11 is 0. The van der Waals surface area contributed by atoms with Crippen molar-refractivity contribution in [3.05, 3.63) is 24.2 Å². The highest BCUT2D eigenvalue weighted by Crippen LogP contribution is 2.39. The van der Waals surface area contributed by atoms with Crippen LogP contribution in [0.1, 0.15) is 40.2 Å². The van der Waals surface area contributed by atoms with E-state index in [0.717, 1.165) is 20.8 Å². The van der Waals surface area contributed by atoms with Crippen LogP contribution in [0.3, 0.4) is 0 Å². The van der Waals surface area contributed by atoms with Crippen LogP contribution in [0.15, 0.2) is 23.0 Å². The van der Waals surface area contributed by atoms with Gasteiger partial charge in [0.2, 0.25) is 18.0 Å². The summed E-state index contributed by atoms with van der Waals surface area (Å²) in [5.74, 6) is -2.48. The van der Waals surface area contributed by atoms with Crippen LogP contribution < -0.4 is 0 Å². The standard InChI is InChI=1S/C25H30O13/c1-7-24(38-17(6)28)19(37-21(36-16(5)27)20(24)35-15(4)26)14-34-25(22(29)32-8-2,23(30)33-9-3)12-18-10-11-31-13-18/h1,10-11,13,19-21H,8-9,12,14H2,2-6H3/t19-,20+,21?,24-/m1/s1. The van der Waals surface area contributed by atoms with E-state index in [-0.39, 0.29) is 19.6 Å². The topological polar surface area (TPSA) is 163 Å². The summed E-state index contributed by atoms with van der Waals surface area (Å²) in [6.45, 7) is 5.33. The number of carbonyl (C=O) groups is 5. The molecule has 0 amide bonds. The monoisotopic (exact) mass is 538 g/mol. The average molecular weight is 539 g/mol. The summed E-state index contributed by atoms with van der Waals surface area (Å²) in [6, 6.07) is 1.50. The SMILES string of the molecule is C#C[C@@]1(OC(C)=O)[C@@H](COC(Cc2ccoc2)(C(=O)OCC)C(=O)OCC)OC(OC(C)=O)[C@@H]1OC(C)=O. The average Bonchev–Trinajstić information content (AvgIpc) is 3.43. The van der Waals surface area contributed by atoms with E-state index in [1.807, 2.05) is 0 Å². The molecule has 1 aliphatic rings. The lowest BCUT2D eigenvalue weighted by molar-refractivity contribution is -0.206. The first-order valence-electron chi connectivity index (χ1n) is 11.6. The fraction of sp³-hybridized carbons (Fsp3) is 0.560. The van der Waals surface area contributed by atoms with Crippen LogP contribution in [0.4, 0.5) is 0 Å². The Bertz CT molecular complexity index is 1040. The maximum atomic E-state index is 13.2. The molecule has 0 saturated carbocycles. The lowest BCUT2D eigenvalue weighted by atomic mass is 9.91. The van der Waals surface area contributed by atoms with Crippen LogP contribution in [0.25, 0.3) is 0 Å². The molecule has 1 aromatic heterocycles. The van der Waals surface area contributed by atoms with Crippen molar-refractivity contribution in [2.75, 3.05) is 19.8 Å². The van der Waals surface area contributed by atoms with Gasteiger partial charge in [0.25, 0.3) is 5.60 Å². The Labute approximate surface area is 218 Å². The van der Waals surface area contributed by atoms with E-state index in [1.165, 1.54) is 32.4 Å². The van der Waals surface area contributed by atoms with E-state index < -0.39 is 66.2 Å². The van der Waals surface area contributed by atoms with E-state index in [0.29, 0.717) is 5.56 Å². The van der Waals surface area contributed by atoms with Gasteiger partial charge in [-0.1, -0.05) is 5.92 Å². The molecule has 0 spiro atoms. The van der Waals surface area contributed by atoms with Gasteiger partial charge in [0.15, 0.2) is 0 Å². The molecule has 2 rings (SSSR count). The Morgan fingerprint density at radius 3 is 2.05 bits per heavy atom. The minimum Gasteiger partial charge on any atom is -0.472 e. The number of ether oxygens (including phenoxy) is 7. The summed E-state index contributed by atoms with van der Waals surface area (Å²) in [5.41, 5.74) is -4.16. The Hall–Kier alpha value is -3.89. The highest BCUT2D eigenvalue weighted by atomic mass is 16.8. The second-order valence-corrected chi connectivity index (χ2v) is 8.05. The van der Waals surface area contributed by atoms with E-state index >= 15 is 0 Å². The van der Waals surface area contributed by atoms with Gasteiger partial charge in [-0.3, -0.25) is 14.4 Å². The molecular formula is C25H30O13. The molecule has 208 valence electrons. The second-order valence-electron chi connectivity index (χ2n) is 8.05. The van der Waals surface area contributed by atoms with Crippen LogP contribution >= 0.6 is 0 Å². The molecule has 4 atom stereocenters. The molecule has 2 heterocycles. The summed E-state index contributed by atoms with van der Waals surface area (Å²) in [6.07, 6.45) is 3.26. The minimum absolute atomic E-state index is 0.0978. The zero-order valence-corrected chi connectivity index (χ0v) is 21.7. The lowest BCUT2D eigenvalue weighted by Crippen LogP contribution is -2.57. The first kappa shape index (κ1) is 30.3. The van der Waals surface area contributed by atoms with Crippen molar-refractivity contribution in [3.63, 3.8) is 0 Å². The van der Waals surface area contributed by atoms with Gasteiger partial charge in [-0.05, 0) is 25.5 Å². The lowest BCUT2D eigenvalue weighted by Gasteiger charge is -2.34. The first-order chi connectivity index (χ1) is 17.9. The number of rotatable bonds is 12. The number of furan rings is 1. The minimum atomic E-state index is -2.37. The molecule has 38 heavy (non-hydrogen) atoms. The molecule has 1 aromatic rings. The van der Waals surface area contributed by atoms with Crippen LogP contribution in [0.2, 0.25) is 0 Å². The first-order valence-corrected chi connectivity index (χ1v) is 11.6. The summed E-state index contributed by atoms with van der Waals surface area (Å²) < 4.78 is 42.6. The molecule has 1 aliphatic heterocycles. The van der Waals surface area contributed by atoms with Crippen molar-refractivity contribution in [2.24, 2.45) is 0 Å². The van der Waals surface area contributed by atoms with Gasteiger partial charge in [0.05, 0.1) is 32.3 Å². The van der Waals surface area contributed by atoms with Gasteiger partial charge in [0, 0.05) is 27.2 Å².